The van der Waals surface area contributed by atoms with Crippen molar-refractivity contribution in [2.24, 2.45) is 0 Å². The smallest absolute Gasteiger partial charge is 0.331 e. The third-order valence-electron chi connectivity index (χ3n) is 4.41. The van der Waals surface area contributed by atoms with Gasteiger partial charge in [0.2, 0.25) is 0 Å². The fraction of sp³-hybridized carbons (Fsp3) is 0.381. The molecule has 1 aromatic heterocycles. The number of aromatic nitrogens is 2. The summed E-state index contributed by atoms with van der Waals surface area (Å²) in [5.41, 5.74) is 3.03. The topological polar surface area (TPSA) is 63.1 Å². The molecule has 2 rings (SSSR count). The molecular formula is C21H26N2O2. The van der Waals surface area contributed by atoms with Gasteiger partial charge in [-0.3, -0.25) is 0 Å². The Morgan fingerprint density at radius 3 is 2.68 bits per heavy atom. The summed E-state index contributed by atoms with van der Waals surface area (Å²) in [5, 5.41) is 9.14. The fourth-order valence-electron chi connectivity index (χ4n) is 2.86. The standard InChI is InChI=1S/C21H26N2O2/c1-4-6-9-16(5-2)19-12-13-22-20(23-19)18-11-8-7-10-17(18)14-15(3)21(24)25/h7-8,10-14,16H,4-6,9H2,1-3H3,(H,24,25). The predicted molar refractivity (Wildman–Crippen MR) is 101 cm³/mol. The van der Waals surface area contributed by atoms with Gasteiger partial charge in [-0.1, -0.05) is 51.0 Å². The lowest BCUT2D eigenvalue weighted by Crippen LogP contribution is -2.03. The fourth-order valence-corrected chi connectivity index (χ4v) is 2.86. The highest BCUT2D eigenvalue weighted by Gasteiger charge is 2.14. The Morgan fingerprint density at radius 1 is 1.24 bits per heavy atom. The molecule has 0 aliphatic rings. The van der Waals surface area contributed by atoms with Crippen LogP contribution in [0.4, 0.5) is 0 Å². The van der Waals surface area contributed by atoms with E-state index >= 15 is 0 Å². The average molecular weight is 338 g/mol. The molecule has 2 aromatic rings. The molecule has 1 heterocycles. The molecule has 0 amide bonds. The largest absolute Gasteiger partial charge is 0.478 e. The maximum absolute atomic E-state index is 11.1. The quantitative estimate of drug-likeness (QED) is 0.662. The van der Waals surface area contributed by atoms with Crippen molar-refractivity contribution in [1.29, 1.82) is 0 Å². The molecule has 1 aromatic carbocycles. The van der Waals surface area contributed by atoms with Crippen LogP contribution in [0.2, 0.25) is 0 Å². The molecule has 0 aliphatic carbocycles. The van der Waals surface area contributed by atoms with E-state index in [2.05, 4.69) is 18.8 Å². The lowest BCUT2D eigenvalue weighted by atomic mass is 9.95. The highest BCUT2D eigenvalue weighted by atomic mass is 16.4. The van der Waals surface area contributed by atoms with Gasteiger partial charge in [0.05, 0.1) is 0 Å². The Labute approximate surface area is 149 Å². The van der Waals surface area contributed by atoms with Crippen LogP contribution in [0.1, 0.15) is 63.6 Å². The van der Waals surface area contributed by atoms with Gasteiger partial charge in [0.1, 0.15) is 0 Å². The molecule has 0 saturated carbocycles. The number of rotatable bonds is 8. The van der Waals surface area contributed by atoms with Crippen LogP contribution >= 0.6 is 0 Å². The van der Waals surface area contributed by atoms with Crippen LogP contribution in [0.5, 0.6) is 0 Å². The van der Waals surface area contributed by atoms with Crippen LogP contribution in [0.3, 0.4) is 0 Å². The number of unbranched alkanes of at least 4 members (excludes halogenated alkanes) is 1. The minimum Gasteiger partial charge on any atom is -0.478 e. The lowest BCUT2D eigenvalue weighted by Gasteiger charge is -2.15. The molecule has 0 spiro atoms. The first-order valence-corrected chi connectivity index (χ1v) is 8.90. The Morgan fingerprint density at radius 2 is 2.00 bits per heavy atom. The second kappa shape index (κ2) is 9.11. The van der Waals surface area contributed by atoms with Gasteiger partial charge < -0.3 is 5.11 Å². The van der Waals surface area contributed by atoms with Gasteiger partial charge in [-0.25, -0.2) is 14.8 Å². The summed E-state index contributed by atoms with van der Waals surface area (Å²) < 4.78 is 0. The van der Waals surface area contributed by atoms with Crippen molar-refractivity contribution in [3.05, 3.63) is 53.4 Å². The zero-order valence-corrected chi connectivity index (χ0v) is 15.2. The molecule has 0 radical (unpaired) electrons. The number of benzene rings is 1. The predicted octanol–water partition coefficient (Wildman–Crippen LogP) is 5.32. The van der Waals surface area contributed by atoms with Gasteiger partial charge in [-0.2, -0.15) is 0 Å². The van der Waals surface area contributed by atoms with Crippen molar-refractivity contribution in [3.63, 3.8) is 0 Å². The Balaban J connectivity index is 2.41. The molecule has 1 atom stereocenters. The van der Waals surface area contributed by atoms with Crippen molar-refractivity contribution in [2.45, 2.75) is 52.4 Å². The van der Waals surface area contributed by atoms with Crippen molar-refractivity contribution in [1.82, 2.24) is 9.97 Å². The molecule has 0 fully saturated rings. The maximum Gasteiger partial charge on any atom is 0.331 e. The van der Waals surface area contributed by atoms with E-state index in [1.807, 2.05) is 30.3 Å². The minimum atomic E-state index is -0.921. The van der Waals surface area contributed by atoms with Gasteiger partial charge in [-0.05, 0) is 37.5 Å². The summed E-state index contributed by atoms with van der Waals surface area (Å²) >= 11 is 0. The molecule has 25 heavy (non-hydrogen) atoms. The SMILES string of the molecule is CCCCC(CC)c1ccnc(-c2ccccc2C=C(C)C(=O)O)n1. The highest BCUT2D eigenvalue weighted by molar-refractivity contribution is 5.92. The summed E-state index contributed by atoms with van der Waals surface area (Å²) in [6.07, 6.45) is 8.02. The average Bonchev–Trinajstić information content (AvgIpc) is 2.63. The van der Waals surface area contributed by atoms with Crippen LogP contribution in [0.25, 0.3) is 17.5 Å². The number of hydrogen-bond donors (Lipinski definition) is 1. The molecule has 1 unspecified atom stereocenters. The molecule has 4 nitrogen and oxygen atoms in total. The first-order valence-electron chi connectivity index (χ1n) is 8.90. The first kappa shape index (κ1) is 18.8. The summed E-state index contributed by atoms with van der Waals surface area (Å²) in [7, 11) is 0. The molecule has 4 heteroatoms. The van der Waals surface area contributed by atoms with E-state index in [0.29, 0.717) is 11.7 Å². The summed E-state index contributed by atoms with van der Waals surface area (Å²) in [6, 6.07) is 9.64. The van der Waals surface area contributed by atoms with Crippen LogP contribution in [-0.2, 0) is 4.79 Å². The van der Waals surface area contributed by atoms with Crippen LogP contribution in [0, 0.1) is 0 Å². The monoisotopic (exact) mass is 338 g/mol. The molecule has 0 bridgehead atoms. The number of carbonyl (C=O) groups is 1. The van der Waals surface area contributed by atoms with E-state index in [9.17, 15) is 4.79 Å². The van der Waals surface area contributed by atoms with Crippen LogP contribution < -0.4 is 0 Å². The van der Waals surface area contributed by atoms with Gasteiger partial charge in [0.15, 0.2) is 5.82 Å². The lowest BCUT2D eigenvalue weighted by molar-refractivity contribution is -0.132. The summed E-state index contributed by atoms with van der Waals surface area (Å²) in [6.45, 7) is 5.98. The molecular weight excluding hydrogens is 312 g/mol. The van der Waals surface area contributed by atoms with E-state index in [1.54, 1.807) is 19.2 Å². The third-order valence-corrected chi connectivity index (χ3v) is 4.41. The van der Waals surface area contributed by atoms with Crippen LogP contribution in [0.15, 0.2) is 42.1 Å². The van der Waals surface area contributed by atoms with Crippen molar-refractivity contribution in [2.75, 3.05) is 0 Å². The third kappa shape index (κ3) is 4.99. The van der Waals surface area contributed by atoms with Gasteiger partial charge in [-0.15, -0.1) is 0 Å². The van der Waals surface area contributed by atoms with Crippen molar-refractivity contribution >= 4 is 12.0 Å². The minimum absolute atomic E-state index is 0.290. The van der Waals surface area contributed by atoms with E-state index < -0.39 is 5.97 Å². The molecule has 132 valence electrons. The van der Waals surface area contributed by atoms with Crippen LogP contribution in [-0.4, -0.2) is 21.0 Å². The second-order valence-corrected chi connectivity index (χ2v) is 6.27. The zero-order chi connectivity index (χ0) is 18.2. The first-order chi connectivity index (χ1) is 12.1. The molecule has 0 aliphatic heterocycles. The Kier molecular flexibility index (Phi) is 6.87. The number of hydrogen-bond acceptors (Lipinski definition) is 3. The van der Waals surface area contributed by atoms with E-state index in [4.69, 9.17) is 10.1 Å². The number of nitrogens with zero attached hydrogens (tertiary/aromatic N) is 2. The second-order valence-electron chi connectivity index (χ2n) is 6.27. The van der Waals surface area contributed by atoms with Gasteiger partial charge >= 0.3 is 5.97 Å². The normalized spacial score (nSPS) is 12.8. The Bertz CT molecular complexity index is 753. The van der Waals surface area contributed by atoms with E-state index in [1.165, 1.54) is 12.8 Å². The summed E-state index contributed by atoms with van der Waals surface area (Å²) in [4.78, 5) is 20.4. The van der Waals surface area contributed by atoms with Crippen molar-refractivity contribution in [3.8, 4) is 11.4 Å². The zero-order valence-electron chi connectivity index (χ0n) is 15.2. The maximum atomic E-state index is 11.1. The van der Waals surface area contributed by atoms with Gasteiger partial charge in [0, 0.05) is 28.9 Å². The van der Waals surface area contributed by atoms with E-state index in [-0.39, 0.29) is 5.57 Å². The summed E-state index contributed by atoms with van der Waals surface area (Å²) in [5.74, 6) is 0.165. The number of carboxylic acids is 1. The van der Waals surface area contributed by atoms with E-state index in [0.717, 1.165) is 29.7 Å². The molecule has 0 saturated heterocycles. The molecule has 1 N–H and O–H groups in total. The van der Waals surface area contributed by atoms with Gasteiger partial charge in [0.25, 0.3) is 0 Å². The highest BCUT2D eigenvalue weighted by Crippen LogP contribution is 2.27. The number of aliphatic carboxylic acids is 1. The Hall–Kier alpha value is -2.49. The number of carboxylic acid groups (broad SMARTS) is 1. The van der Waals surface area contributed by atoms with Crippen molar-refractivity contribution < 1.29 is 9.90 Å².